The molecule has 15 heteroatoms. The molecule has 0 aromatic heterocycles. The van der Waals surface area contributed by atoms with E-state index >= 15 is 0 Å². The van der Waals surface area contributed by atoms with E-state index in [0.29, 0.717) is 12.2 Å². The van der Waals surface area contributed by atoms with Gasteiger partial charge in [0.2, 0.25) is 17.7 Å². The van der Waals surface area contributed by atoms with E-state index in [1.165, 1.54) is 30.0 Å². The summed E-state index contributed by atoms with van der Waals surface area (Å²) >= 11 is 3.06. The van der Waals surface area contributed by atoms with E-state index in [1.54, 1.807) is 31.7 Å². The maximum Gasteiger partial charge on any atom is 0.416 e. The van der Waals surface area contributed by atoms with Crippen LogP contribution >= 0.6 is 23.5 Å². The van der Waals surface area contributed by atoms with Crippen LogP contribution in [0.5, 0.6) is 0 Å². The van der Waals surface area contributed by atoms with Gasteiger partial charge in [0.1, 0.15) is 12.1 Å². The average molecular weight is 1120 g/mol. The Labute approximate surface area is 474 Å². The molecule has 6 N–H and O–H groups in total. The van der Waals surface area contributed by atoms with E-state index in [9.17, 15) is 47.7 Å². The topological polar surface area (TPSA) is 165 Å². The Morgan fingerprint density at radius 1 is 0.525 bits per heavy atom. The predicted octanol–water partition coefficient (Wildman–Crippen LogP) is 11.3. The van der Waals surface area contributed by atoms with E-state index in [-0.39, 0.29) is 11.3 Å². The first kappa shape index (κ1) is 60.2. The van der Waals surface area contributed by atoms with E-state index < -0.39 is 100 Å². The summed E-state index contributed by atoms with van der Waals surface area (Å²) in [7, 11) is 0. The lowest BCUT2D eigenvalue weighted by atomic mass is 9.84. The van der Waals surface area contributed by atoms with Crippen molar-refractivity contribution in [3.05, 3.63) is 263 Å². The number of carbonyl (C=O) groups is 4. The molecule has 0 bridgehead atoms. The molecule has 0 heterocycles. The summed E-state index contributed by atoms with van der Waals surface area (Å²) in [5.41, 5.74) is 4.87. The SMILES string of the molecule is CC(C)[C@@H](NC(=O)[C@@H](CSC(c1ccccc1)(c1ccccc1)c1ccccc1)NC(=O)[C@@H](Cc1cccc(C(F)(F)F)c1)NC(=O)C[C@H](O)/C=C/CCSC(c1ccccc1)(c1ccccc1)c1ccccc1)[C@@H](O)CC(=O)O. The van der Waals surface area contributed by atoms with E-state index in [4.69, 9.17) is 0 Å². The van der Waals surface area contributed by atoms with Gasteiger partial charge in [-0.05, 0) is 63.1 Å². The molecule has 0 radical (unpaired) electrons. The molecule has 0 fully saturated rings. The molecule has 0 aliphatic carbocycles. The monoisotopic (exact) mass is 1120 g/mol. The predicted molar refractivity (Wildman–Crippen MR) is 312 cm³/mol. The van der Waals surface area contributed by atoms with Gasteiger partial charge in [0.25, 0.3) is 0 Å². The quantitative estimate of drug-likeness (QED) is 0.0167. The highest BCUT2D eigenvalue weighted by molar-refractivity contribution is 8.00. The molecule has 5 atom stereocenters. The third-order valence-electron chi connectivity index (χ3n) is 13.7. The van der Waals surface area contributed by atoms with E-state index in [1.807, 2.05) is 146 Å². The van der Waals surface area contributed by atoms with Crippen molar-refractivity contribution in [2.24, 2.45) is 5.92 Å². The Hall–Kier alpha value is -7.43. The first-order valence-electron chi connectivity index (χ1n) is 26.4. The number of carboxylic acid groups (broad SMARTS) is 1. The largest absolute Gasteiger partial charge is 0.481 e. The summed E-state index contributed by atoms with van der Waals surface area (Å²) in [4.78, 5) is 55.4. The number of carbonyl (C=O) groups excluding carboxylic acids is 3. The number of aliphatic hydroxyl groups is 2. The highest BCUT2D eigenvalue weighted by Gasteiger charge is 2.41. The van der Waals surface area contributed by atoms with Crippen LogP contribution in [0.4, 0.5) is 13.2 Å². The number of hydrogen-bond donors (Lipinski definition) is 6. The van der Waals surface area contributed by atoms with Crippen LogP contribution in [0.3, 0.4) is 0 Å². The fourth-order valence-corrected chi connectivity index (χ4v) is 12.9. The molecule has 80 heavy (non-hydrogen) atoms. The number of nitrogens with one attached hydrogen (secondary N) is 3. The van der Waals surface area contributed by atoms with Crippen LogP contribution in [-0.2, 0) is 41.3 Å². The zero-order valence-corrected chi connectivity index (χ0v) is 46.0. The summed E-state index contributed by atoms with van der Waals surface area (Å²) in [5, 5.41) is 40.2. The summed E-state index contributed by atoms with van der Waals surface area (Å²) < 4.78 is 40.6. The Kier molecular flexibility index (Phi) is 21.6. The van der Waals surface area contributed by atoms with Gasteiger partial charge in [-0.1, -0.05) is 226 Å². The lowest BCUT2D eigenvalue weighted by Gasteiger charge is -2.37. The van der Waals surface area contributed by atoms with Crippen molar-refractivity contribution in [2.75, 3.05) is 11.5 Å². The number of aliphatic carboxylic acids is 1. The first-order chi connectivity index (χ1) is 38.5. The van der Waals surface area contributed by atoms with Crippen LogP contribution in [0.2, 0.25) is 0 Å². The Morgan fingerprint density at radius 2 is 0.938 bits per heavy atom. The Bertz CT molecular complexity index is 2910. The first-order valence-corrected chi connectivity index (χ1v) is 28.4. The second-order valence-electron chi connectivity index (χ2n) is 19.7. The lowest BCUT2D eigenvalue weighted by Crippen LogP contribution is -2.58. The van der Waals surface area contributed by atoms with Gasteiger partial charge in [0.15, 0.2) is 0 Å². The van der Waals surface area contributed by atoms with E-state index in [0.717, 1.165) is 45.5 Å². The summed E-state index contributed by atoms with van der Waals surface area (Å²) in [6, 6.07) is 59.6. The lowest BCUT2D eigenvalue weighted by molar-refractivity contribution is -0.140. The van der Waals surface area contributed by atoms with Gasteiger partial charge in [-0.25, -0.2) is 0 Å². The maximum atomic E-state index is 14.9. The number of amides is 3. The molecule has 7 rings (SSSR count). The standard InChI is InChI=1S/C65H66F3N3O7S2/c1-45(2)60(57(73)43-59(75)76)71-62(78)56(44-80-64(50-31-15-6-16-32-50,51-33-17-7-18-34-51)52-35-19-8-20-36-52)70-61(77)55(41-46-24-23-37-53(40-46)65(66,67)68)69-58(74)42-54(72)38-21-22-39-79-63(47-25-9-3-10-26-47,48-27-11-4-12-28-48)49-29-13-5-14-30-49/h3-21,23-38,40,45,54-57,60,72-73H,22,39,41-44H2,1-2H3,(H,69,74)(H,70,77)(H,71,78)(H,75,76)/b38-21+/t54-,55-,56-,57+,60-/m1/s1. The van der Waals surface area contributed by atoms with Crippen molar-refractivity contribution in [1.82, 2.24) is 16.0 Å². The minimum Gasteiger partial charge on any atom is -0.481 e. The van der Waals surface area contributed by atoms with Crippen LogP contribution in [0, 0.1) is 5.92 Å². The number of aliphatic hydroxyl groups excluding tert-OH is 2. The number of carboxylic acids is 1. The number of alkyl halides is 3. The second-order valence-corrected chi connectivity index (χ2v) is 22.3. The van der Waals surface area contributed by atoms with Crippen molar-refractivity contribution in [3.8, 4) is 0 Å². The van der Waals surface area contributed by atoms with Crippen LogP contribution < -0.4 is 16.0 Å². The number of allylic oxidation sites excluding steroid dienone is 1. The number of benzene rings is 7. The molecular formula is C65H66F3N3O7S2. The van der Waals surface area contributed by atoms with Crippen molar-refractivity contribution in [3.63, 3.8) is 0 Å². The minimum absolute atomic E-state index is 0.0547. The summed E-state index contributed by atoms with van der Waals surface area (Å²) in [6.07, 6.45) is -5.41. The highest BCUT2D eigenvalue weighted by atomic mass is 32.2. The molecule has 7 aromatic rings. The third kappa shape index (κ3) is 15.7. The Balaban J connectivity index is 1.16. The second kappa shape index (κ2) is 28.6. The maximum absolute atomic E-state index is 14.9. The summed E-state index contributed by atoms with van der Waals surface area (Å²) in [5.74, 6) is -3.80. The smallest absolute Gasteiger partial charge is 0.416 e. The molecule has 3 amide bonds. The van der Waals surface area contributed by atoms with Crippen LogP contribution in [0.25, 0.3) is 0 Å². The van der Waals surface area contributed by atoms with Crippen molar-refractivity contribution in [2.45, 2.75) is 85.5 Å². The normalized spacial score (nSPS) is 13.9. The Morgan fingerprint density at radius 3 is 1.35 bits per heavy atom. The molecule has 0 aliphatic rings. The fraction of sp³-hybridized carbons (Fsp3) is 0.262. The highest BCUT2D eigenvalue weighted by Crippen LogP contribution is 2.50. The molecular weight excluding hydrogens is 1060 g/mol. The molecule has 0 saturated heterocycles. The summed E-state index contributed by atoms with van der Waals surface area (Å²) in [6.45, 7) is 3.39. The minimum atomic E-state index is -4.72. The fourth-order valence-electron chi connectivity index (χ4n) is 9.84. The number of halogens is 3. The van der Waals surface area contributed by atoms with E-state index in [2.05, 4.69) is 52.3 Å². The van der Waals surface area contributed by atoms with Gasteiger partial charge < -0.3 is 31.3 Å². The molecule has 0 spiro atoms. The number of thioether (sulfide) groups is 2. The van der Waals surface area contributed by atoms with Gasteiger partial charge >= 0.3 is 12.1 Å². The van der Waals surface area contributed by atoms with Gasteiger partial charge in [-0.3, -0.25) is 19.2 Å². The van der Waals surface area contributed by atoms with Gasteiger partial charge in [0, 0.05) is 12.2 Å². The number of hydrogen-bond acceptors (Lipinski definition) is 8. The van der Waals surface area contributed by atoms with Gasteiger partial charge in [-0.15, -0.1) is 23.5 Å². The molecule has 0 saturated carbocycles. The molecule has 0 aliphatic heterocycles. The molecule has 0 unspecified atom stereocenters. The zero-order valence-electron chi connectivity index (χ0n) is 44.4. The molecule has 416 valence electrons. The van der Waals surface area contributed by atoms with Crippen LogP contribution in [0.15, 0.2) is 218 Å². The zero-order chi connectivity index (χ0) is 57.1. The van der Waals surface area contributed by atoms with Gasteiger partial charge in [-0.2, -0.15) is 13.2 Å². The van der Waals surface area contributed by atoms with Crippen molar-refractivity contribution in [1.29, 1.82) is 0 Å². The molecule has 7 aromatic carbocycles. The van der Waals surface area contributed by atoms with Crippen LogP contribution in [-0.4, -0.2) is 80.8 Å². The van der Waals surface area contributed by atoms with Crippen molar-refractivity contribution >= 4 is 47.2 Å². The van der Waals surface area contributed by atoms with Crippen molar-refractivity contribution < 1.29 is 47.7 Å². The van der Waals surface area contributed by atoms with Crippen LogP contribution in [0.1, 0.15) is 77.6 Å². The van der Waals surface area contributed by atoms with Gasteiger partial charge in [0.05, 0.1) is 46.1 Å². The number of rotatable bonds is 27. The molecule has 10 nitrogen and oxygen atoms in total. The third-order valence-corrected chi connectivity index (χ3v) is 16.9. The average Bonchev–Trinajstić information content (AvgIpc) is 3.46.